The number of phenols is 1. The number of carbonyl (C=O) groups excluding carboxylic acids is 2. The molecule has 1 saturated heterocycles. The van der Waals surface area contributed by atoms with Crippen LogP contribution in [0.4, 0.5) is 17.1 Å². The predicted molar refractivity (Wildman–Crippen MR) is 211 cm³/mol. The van der Waals surface area contributed by atoms with Crippen molar-refractivity contribution < 1.29 is 28.0 Å². The number of nitro benzene ring substituents is 1. The lowest BCUT2D eigenvalue weighted by molar-refractivity contribution is -0.384. The minimum atomic E-state index is -4.42. The Kier molecular flexibility index (Phi) is 12.1. The molecule has 1 aliphatic heterocycles. The number of aryl methyl sites for hydroxylation is 1. The van der Waals surface area contributed by atoms with E-state index in [1.807, 2.05) is 70.3 Å². The van der Waals surface area contributed by atoms with Gasteiger partial charge in [0.2, 0.25) is 5.91 Å². The summed E-state index contributed by atoms with van der Waals surface area (Å²) in [6.45, 7) is 2.63. The lowest BCUT2D eigenvalue weighted by Gasteiger charge is -2.36. The van der Waals surface area contributed by atoms with Gasteiger partial charge in [-0.15, -0.1) is 11.8 Å². The molecular formula is C40H39N5O7S2. The number of benzene rings is 5. The van der Waals surface area contributed by atoms with Crippen LogP contribution in [-0.2, 0) is 21.2 Å². The number of hydrogen-bond acceptors (Lipinski definition) is 10. The van der Waals surface area contributed by atoms with E-state index in [1.165, 1.54) is 24.3 Å². The number of sulfonamides is 1. The standard InChI is InChI=1S/C40H39N5O7S2/c46-33-9-6-8-31(27-33)36-12-5-4-7-29(36)15-20-39(47)44-24-22-43(23-25-44)32-16-13-30(14-17-32)40(48)42-54(51,52)35-18-19-37(38(28-35)45(49)50)41-21-26-53-34-10-2-1-3-11-34/h1-14,16-19,27-28,41,46H,15,20-26H2,(H,42,48). The third-order valence-electron chi connectivity index (χ3n) is 9.04. The molecule has 1 heterocycles. The van der Waals surface area contributed by atoms with Gasteiger partial charge in [0, 0.05) is 67.1 Å². The van der Waals surface area contributed by atoms with Crippen molar-refractivity contribution in [1.29, 1.82) is 0 Å². The molecule has 0 spiro atoms. The molecule has 0 unspecified atom stereocenters. The number of rotatable bonds is 14. The van der Waals surface area contributed by atoms with Gasteiger partial charge in [0.05, 0.1) is 9.82 Å². The van der Waals surface area contributed by atoms with Crippen LogP contribution in [0.3, 0.4) is 0 Å². The number of piperazine rings is 1. The van der Waals surface area contributed by atoms with Gasteiger partial charge in [-0.05, 0) is 83.8 Å². The maximum Gasteiger partial charge on any atom is 0.293 e. The highest BCUT2D eigenvalue weighted by atomic mass is 32.2. The highest BCUT2D eigenvalue weighted by Gasteiger charge is 2.25. The fourth-order valence-corrected chi connectivity index (χ4v) is 8.00. The molecule has 14 heteroatoms. The van der Waals surface area contributed by atoms with Crippen molar-refractivity contribution in [2.45, 2.75) is 22.6 Å². The Bertz CT molecular complexity index is 2230. The van der Waals surface area contributed by atoms with E-state index in [4.69, 9.17) is 0 Å². The molecule has 0 aromatic heterocycles. The minimum absolute atomic E-state index is 0.0581. The number of nitrogens with zero attached hydrogens (tertiary/aromatic N) is 3. The first kappa shape index (κ1) is 37.9. The molecule has 1 aliphatic rings. The maximum absolute atomic E-state index is 13.2. The van der Waals surface area contributed by atoms with Crippen LogP contribution in [0.1, 0.15) is 22.3 Å². The van der Waals surface area contributed by atoms with Crippen molar-refractivity contribution in [3.05, 3.63) is 143 Å². The van der Waals surface area contributed by atoms with Crippen molar-refractivity contribution in [3.63, 3.8) is 0 Å². The van der Waals surface area contributed by atoms with Gasteiger partial charge >= 0.3 is 0 Å². The minimum Gasteiger partial charge on any atom is -0.508 e. The third kappa shape index (κ3) is 9.57. The van der Waals surface area contributed by atoms with E-state index in [9.17, 15) is 33.2 Å². The van der Waals surface area contributed by atoms with Crippen LogP contribution in [0.5, 0.6) is 5.75 Å². The Labute approximate surface area is 318 Å². The average Bonchev–Trinajstić information content (AvgIpc) is 3.19. The summed E-state index contributed by atoms with van der Waals surface area (Å²) in [5.41, 5.74) is 3.59. The van der Waals surface area contributed by atoms with Crippen LogP contribution in [0.25, 0.3) is 11.1 Å². The summed E-state index contributed by atoms with van der Waals surface area (Å²) in [4.78, 5) is 41.9. The number of thioether (sulfide) groups is 1. The summed E-state index contributed by atoms with van der Waals surface area (Å²) < 4.78 is 28.2. The molecular weight excluding hydrogens is 727 g/mol. The maximum atomic E-state index is 13.2. The lowest BCUT2D eigenvalue weighted by atomic mass is 9.96. The highest BCUT2D eigenvalue weighted by molar-refractivity contribution is 7.99. The summed E-state index contributed by atoms with van der Waals surface area (Å²) in [6.07, 6.45) is 0.920. The zero-order chi connectivity index (χ0) is 38.1. The van der Waals surface area contributed by atoms with Crippen LogP contribution < -0.4 is 14.9 Å². The smallest absolute Gasteiger partial charge is 0.293 e. The van der Waals surface area contributed by atoms with Gasteiger partial charge < -0.3 is 20.2 Å². The van der Waals surface area contributed by atoms with Gasteiger partial charge in [0.1, 0.15) is 11.4 Å². The molecule has 12 nitrogen and oxygen atoms in total. The summed E-state index contributed by atoms with van der Waals surface area (Å²) in [5, 5.41) is 24.7. The van der Waals surface area contributed by atoms with E-state index in [1.54, 1.807) is 42.1 Å². The molecule has 1 fully saturated rings. The highest BCUT2D eigenvalue weighted by Crippen LogP contribution is 2.29. The summed E-state index contributed by atoms with van der Waals surface area (Å²) >= 11 is 1.58. The normalized spacial score (nSPS) is 13.0. The number of aromatic hydroxyl groups is 1. The van der Waals surface area contributed by atoms with Crippen LogP contribution >= 0.6 is 11.8 Å². The number of amides is 2. The molecule has 0 bridgehead atoms. The van der Waals surface area contributed by atoms with Crippen molar-refractivity contribution in [3.8, 4) is 16.9 Å². The zero-order valence-electron chi connectivity index (χ0n) is 29.3. The predicted octanol–water partition coefficient (Wildman–Crippen LogP) is 6.57. The van der Waals surface area contributed by atoms with E-state index in [0.29, 0.717) is 51.3 Å². The average molecular weight is 766 g/mol. The molecule has 6 rings (SSSR count). The molecule has 54 heavy (non-hydrogen) atoms. The second-order valence-corrected chi connectivity index (χ2v) is 15.4. The molecule has 0 saturated carbocycles. The van der Waals surface area contributed by atoms with Gasteiger partial charge in [-0.25, -0.2) is 13.1 Å². The van der Waals surface area contributed by atoms with Crippen LogP contribution in [0, 0.1) is 10.1 Å². The summed E-state index contributed by atoms with van der Waals surface area (Å²) in [5.74, 6) is 0.00663. The molecule has 5 aromatic carbocycles. The van der Waals surface area contributed by atoms with E-state index in [2.05, 4.69) is 10.2 Å². The number of anilines is 2. The fraction of sp³-hybridized carbons (Fsp3) is 0.200. The molecule has 3 N–H and O–H groups in total. The Balaban J connectivity index is 0.996. The zero-order valence-corrected chi connectivity index (χ0v) is 30.9. The van der Waals surface area contributed by atoms with Crippen molar-refractivity contribution in [1.82, 2.24) is 9.62 Å². The first-order valence-corrected chi connectivity index (χ1v) is 19.8. The molecule has 278 valence electrons. The van der Waals surface area contributed by atoms with E-state index in [0.717, 1.165) is 33.3 Å². The Morgan fingerprint density at radius 2 is 1.56 bits per heavy atom. The monoisotopic (exact) mass is 765 g/mol. The molecule has 0 aliphatic carbocycles. The molecule has 2 amide bonds. The first-order chi connectivity index (χ1) is 26.1. The molecule has 0 atom stereocenters. The Morgan fingerprint density at radius 3 is 2.28 bits per heavy atom. The fourth-order valence-electron chi connectivity index (χ4n) is 6.22. The number of carbonyl (C=O) groups is 2. The first-order valence-electron chi connectivity index (χ1n) is 17.3. The quantitative estimate of drug-likeness (QED) is 0.0488. The summed E-state index contributed by atoms with van der Waals surface area (Å²) in [7, 11) is -4.42. The van der Waals surface area contributed by atoms with E-state index >= 15 is 0 Å². The van der Waals surface area contributed by atoms with E-state index in [-0.39, 0.29) is 22.9 Å². The van der Waals surface area contributed by atoms with Gasteiger partial charge in [-0.1, -0.05) is 54.6 Å². The van der Waals surface area contributed by atoms with Gasteiger partial charge in [-0.3, -0.25) is 19.7 Å². The number of hydrogen-bond donors (Lipinski definition) is 3. The number of phenolic OH excluding ortho intramolecular Hbond substituents is 1. The van der Waals surface area contributed by atoms with Crippen LogP contribution in [0.15, 0.2) is 131 Å². The lowest BCUT2D eigenvalue weighted by Crippen LogP contribution is -2.48. The van der Waals surface area contributed by atoms with Gasteiger partial charge in [-0.2, -0.15) is 0 Å². The molecule has 5 aromatic rings. The number of nitrogens with one attached hydrogen (secondary N) is 2. The SMILES string of the molecule is O=C(NS(=O)(=O)c1ccc(NCCSc2ccccc2)c([N+](=O)[O-])c1)c1ccc(N2CCN(C(=O)CCc3ccccc3-c3cccc(O)c3)CC2)cc1. The van der Waals surface area contributed by atoms with Crippen molar-refractivity contribution >= 4 is 50.7 Å². The van der Waals surface area contributed by atoms with Crippen LogP contribution in [0.2, 0.25) is 0 Å². The van der Waals surface area contributed by atoms with Crippen molar-refractivity contribution in [2.24, 2.45) is 0 Å². The molecule has 0 radical (unpaired) electrons. The van der Waals surface area contributed by atoms with E-state index < -0.39 is 31.4 Å². The largest absolute Gasteiger partial charge is 0.508 e. The van der Waals surface area contributed by atoms with Gasteiger partial charge in [0.25, 0.3) is 21.6 Å². The summed E-state index contributed by atoms with van der Waals surface area (Å²) in [6, 6.07) is 34.6. The second-order valence-electron chi connectivity index (χ2n) is 12.6. The van der Waals surface area contributed by atoms with Gasteiger partial charge in [0.15, 0.2) is 0 Å². The number of nitro groups is 1. The third-order valence-corrected chi connectivity index (χ3v) is 11.4. The second kappa shape index (κ2) is 17.3. The van der Waals surface area contributed by atoms with Crippen molar-refractivity contribution in [2.75, 3.05) is 48.7 Å². The Hall–Kier alpha value is -5.86. The van der Waals surface area contributed by atoms with Crippen LogP contribution in [-0.4, -0.2) is 73.6 Å². The topological polar surface area (TPSA) is 162 Å². The Morgan fingerprint density at radius 1 is 0.833 bits per heavy atom.